The first kappa shape index (κ1) is 20.5. The molecule has 8 heteroatoms. The number of halogens is 6. The third kappa shape index (κ3) is 6.16. The van der Waals surface area contributed by atoms with Crippen molar-refractivity contribution >= 4 is 5.97 Å². The molecule has 144 valence electrons. The number of alkyl halides is 6. The van der Waals surface area contributed by atoms with E-state index in [9.17, 15) is 31.1 Å². The molecule has 0 fully saturated rings. The number of benzene rings is 1. The van der Waals surface area contributed by atoms with Crippen LogP contribution in [0.25, 0.3) is 0 Å². The minimum Gasteiger partial charge on any atom is -0.439 e. The maximum absolute atomic E-state index is 12.5. The van der Waals surface area contributed by atoms with Gasteiger partial charge in [0.2, 0.25) is 0 Å². The van der Waals surface area contributed by atoms with Gasteiger partial charge in [-0.3, -0.25) is 0 Å². The predicted octanol–water partition coefficient (Wildman–Crippen LogP) is 5.24. The number of carbonyl (C=O) groups excluding carboxylic acids is 1. The summed E-state index contributed by atoms with van der Waals surface area (Å²) in [7, 11) is 0. The summed E-state index contributed by atoms with van der Waals surface area (Å²) < 4.78 is 78.9. The molecule has 0 saturated heterocycles. The molecule has 2 rings (SSSR count). The largest absolute Gasteiger partial charge is 0.439 e. The summed E-state index contributed by atoms with van der Waals surface area (Å²) >= 11 is 0. The first-order valence-corrected chi connectivity index (χ1v) is 7.71. The van der Waals surface area contributed by atoms with E-state index in [4.69, 9.17) is 0 Å². The van der Waals surface area contributed by atoms with Gasteiger partial charge in [-0.25, -0.2) is 4.79 Å². The fourth-order valence-electron chi connectivity index (χ4n) is 2.23. The molecule has 1 aliphatic carbocycles. The molecule has 0 heterocycles. The van der Waals surface area contributed by atoms with Gasteiger partial charge in [0, 0.05) is 0 Å². The first-order chi connectivity index (χ1) is 12.6. The first-order valence-electron chi connectivity index (χ1n) is 7.71. The van der Waals surface area contributed by atoms with Crippen LogP contribution in [0.2, 0.25) is 0 Å². The second kappa shape index (κ2) is 8.28. The van der Waals surface area contributed by atoms with Crippen molar-refractivity contribution in [2.75, 3.05) is 0 Å². The van der Waals surface area contributed by atoms with Crippen molar-refractivity contribution < 1.29 is 35.9 Å². The quantitative estimate of drug-likeness (QED) is 0.521. The minimum atomic E-state index is -5.76. The van der Waals surface area contributed by atoms with E-state index in [1.54, 1.807) is 6.08 Å². The van der Waals surface area contributed by atoms with E-state index in [1.807, 2.05) is 30.3 Å². The minimum absolute atomic E-state index is 0.427. The summed E-state index contributed by atoms with van der Waals surface area (Å²) in [6.45, 7) is 0. The Morgan fingerprint density at radius 3 is 2.07 bits per heavy atom. The van der Waals surface area contributed by atoms with Crippen LogP contribution in [-0.4, -0.2) is 24.4 Å². The highest BCUT2D eigenvalue weighted by molar-refractivity contribution is 5.92. The molecule has 0 spiro atoms. The lowest BCUT2D eigenvalue weighted by Gasteiger charge is -2.23. The fourth-order valence-corrected chi connectivity index (χ4v) is 2.23. The number of hydrogen-bond acceptors (Lipinski definition) is 2. The summed E-state index contributed by atoms with van der Waals surface area (Å²) in [5.74, 6) is -1.71. The molecule has 0 atom stereocenters. The monoisotopic (exact) mass is 388 g/mol. The zero-order chi connectivity index (χ0) is 20.1. The van der Waals surface area contributed by atoms with Crippen molar-refractivity contribution in [1.82, 2.24) is 0 Å². The van der Waals surface area contributed by atoms with Crippen LogP contribution in [-0.2, 0) is 16.0 Å². The van der Waals surface area contributed by atoms with Crippen LogP contribution < -0.4 is 0 Å². The van der Waals surface area contributed by atoms with Gasteiger partial charge in [0.1, 0.15) is 0 Å². The molecular formula is C19H14F6O2. The lowest BCUT2D eigenvalue weighted by Crippen LogP contribution is -2.45. The Kier molecular flexibility index (Phi) is 6.30. The van der Waals surface area contributed by atoms with Crippen molar-refractivity contribution in [1.29, 1.82) is 0 Å². The van der Waals surface area contributed by atoms with E-state index in [0.29, 0.717) is 12.0 Å². The average molecular weight is 388 g/mol. The summed E-state index contributed by atoms with van der Waals surface area (Å²) in [4.78, 5) is 11.8. The van der Waals surface area contributed by atoms with Gasteiger partial charge in [0.25, 0.3) is 6.10 Å². The van der Waals surface area contributed by atoms with Gasteiger partial charge in [-0.2, -0.15) is 26.3 Å². The SMILES string of the molecule is O=C(OC(C(F)(F)F)C(F)(F)F)C1=C/C=C\C=C(Cc2ccccc2)/C=C\1. The average Bonchev–Trinajstić information content (AvgIpc) is 2.54. The maximum Gasteiger partial charge on any atom is 0.434 e. The molecule has 27 heavy (non-hydrogen) atoms. The van der Waals surface area contributed by atoms with E-state index in [1.165, 1.54) is 18.2 Å². The zero-order valence-electron chi connectivity index (χ0n) is 13.7. The van der Waals surface area contributed by atoms with Gasteiger partial charge in [-0.05, 0) is 29.7 Å². The van der Waals surface area contributed by atoms with Crippen molar-refractivity contribution in [2.24, 2.45) is 0 Å². The van der Waals surface area contributed by atoms with Crippen molar-refractivity contribution in [3.8, 4) is 0 Å². The van der Waals surface area contributed by atoms with E-state index in [-0.39, 0.29) is 0 Å². The van der Waals surface area contributed by atoms with Crippen LogP contribution in [0.1, 0.15) is 5.56 Å². The van der Waals surface area contributed by atoms with E-state index in [0.717, 1.165) is 17.7 Å². The van der Waals surface area contributed by atoms with Crippen molar-refractivity contribution in [3.63, 3.8) is 0 Å². The molecule has 0 amide bonds. The number of esters is 1. The highest BCUT2D eigenvalue weighted by atomic mass is 19.4. The van der Waals surface area contributed by atoms with Crippen LogP contribution in [0.5, 0.6) is 0 Å². The molecule has 0 aromatic heterocycles. The van der Waals surface area contributed by atoms with Gasteiger partial charge in [0.15, 0.2) is 0 Å². The van der Waals surface area contributed by atoms with Crippen LogP contribution in [0.4, 0.5) is 26.3 Å². The topological polar surface area (TPSA) is 26.3 Å². The van der Waals surface area contributed by atoms with E-state index >= 15 is 0 Å². The van der Waals surface area contributed by atoms with Crippen LogP contribution >= 0.6 is 0 Å². The molecule has 0 bridgehead atoms. The van der Waals surface area contributed by atoms with Gasteiger partial charge >= 0.3 is 18.3 Å². The number of hydrogen-bond donors (Lipinski definition) is 0. The van der Waals surface area contributed by atoms with Crippen LogP contribution in [0.15, 0.2) is 77.9 Å². The number of rotatable bonds is 4. The summed E-state index contributed by atoms with van der Waals surface area (Å²) in [5, 5.41) is 0. The Morgan fingerprint density at radius 1 is 0.889 bits per heavy atom. The Bertz CT molecular complexity index is 769. The highest BCUT2D eigenvalue weighted by Gasteiger charge is 2.60. The molecule has 1 aliphatic rings. The van der Waals surface area contributed by atoms with E-state index in [2.05, 4.69) is 4.74 Å². The second-order valence-electron chi connectivity index (χ2n) is 5.61. The van der Waals surface area contributed by atoms with Gasteiger partial charge in [-0.15, -0.1) is 0 Å². The zero-order valence-corrected chi connectivity index (χ0v) is 13.7. The molecule has 0 unspecified atom stereocenters. The number of carbonyl (C=O) groups is 1. The van der Waals surface area contributed by atoms with Gasteiger partial charge in [-0.1, -0.05) is 54.6 Å². The van der Waals surface area contributed by atoms with Crippen molar-refractivity contribution in [2.45, 2.75) is 24.9 Å². The molecule has 1 aromatic rings. The van der Waals surface area contributed by atoms with Crippen LogP contribution in [0, 0.1) is 0 Å². The molecule has 0 N–H and O–H groups in total. The standard InChI is InChI=1S/C19H14F6O2/c20-18(21,22)17(19(23,24)25)27-16(26)15-9-5-4-8-14(10-11-15)12-13-6-2-1-3-7-13/h1-11,17H,12H2/b5-4-,8-4?,9-5?,11-10-,14-8+,14-10?,15-9+,15-11?. The smallest absolute Gasteiger partial charge is 0.434 e. The molecular weight excluding hydrogens is 374 g/mol. The molecule has 1 aromatic carbocycles. The molecule has 2 nitrogen and oxygen atoms in total. The summed E-state index contributed by atoms with van der Waals surface area (Å²) in [6.07, 6.45) is -6.99. The van der Waals surface area contributed by atoms with Gasteiger partial charge < -0.3 is 4.74 Å². The second-order valence-corrected chi connectivity index (χ2v) is 5.61. The van der Waals surface area contributed by atoms with E-state index < -0.39 is 30.0 Å². The lowest BCUT2D eigenvalue weighted by atomic mass is 10.0. The lowest BCUT2D eigenvalue weighted by molar-refractivity contribution is -0.312. The number of allylic oxidation sites excluding steroid dienone is 6. The summed E-state index contributed by atoms with van der Waals surface area (Å²) in [5.41, 5.74) is 1.23. The Hall–Kier alpha value is -2.77. The molecule has 0 aliphatic heterocycles. The normalized spacial score (nSPS) is 21.3. The third-order valence-electron chi connectivity index (χ3n) is 3.48. The van der Waals surface area contributed by atoms with Crippen LogP contribution in [0.3, 0.4) is 0 Å². The maximum atomic E-state index is 12.5. The Labute approximate surface area is 151 Å². The summed E-state index contributed by atoms with van der Waals surface area (Å²) in [6, 6.07) is 9.21. The third-order valence-corrected chi connectivity index (χ3v) is 3.48. The fraction of sp³-hybridized carbons (Fsp3) is 0.211. The van der Waals surface area contributed by atoms with Gasteiger partial charge in [0.05, 0.1) is 5.57 Å². The number of ether oxygens (including phenoxy) is 1. The predicted molar refractivity (Wildman–Crippen MR) is 86.6 cm³/mol. The molecule has 0 saturated carbocycles. The molecule has 0 radical (unpaired) electrons. The van der Waals surface area contributed by atoms with Crippen molar-refractivity contribution in [3.05, 3.63) is 83.5 Å². The Morgan fingerprint density at radius 2 is 1.48 bits per heavy atom. The Balaban J connectivity index is 2.14. The highest BCUT2D eigenvalue weighted by Crippen LogP contribution is 2.36.